The molecule has 0 aromatic carbocycles. The molecule has 5 heteroatoms. The molecule has 0 radical (unpaired) electrons. The Labute approximate surface area is 127 Å². The van der Waals surface area contributed by atoms with Gasteiger partial charge in [0.25, 0.3) is 0 Å². The first-order valence-electron chi connectivity index (χ1n) is 8.06. The maximum Gasteiger partial charge on any atom is 0.320 e. The number of nitrogens with one attached hydrogen (secondary N) is 1. The summed E-state index contributed by atoms with van der Waals surface area (Å²) in [6, 6.07) is 0.0717. The van der Waals surface area contributed by atoms with Crippen molar-refractivity contribution in [3.8, 4) is 0 Å². The van der Waals surface area contributed by atoms with E-state index in [1.54, 1.807) is 9.80 Å². The van der Waals surface area contributed by atoms with Crippen LogP contribution in [0.5, 0.6) is 0 Å². The molecule has 1 aliphatic heterocycles. The summed E-state index contributed by atoms with van der Waals surface area (Å²) in [5.74, 6) is 0.0309. The van der Waals surface area contributed by atoms with Gasteiger partial charge in [-0.2, -0.15) is 0 Å². The summed E-state index contributed by atoms with van der Waals surface area (Å²) in [6.07, 6.45) is 8.77. The van der Waals surface area contributed by atoms with Gasteiger partial charge in [-0.15, -0.1) is 6.58 Å². The quantitative estimate of drug-likeness (QED) is 0.577. The number of nitrogens with zero attached hydrogens (tertiary/aromatic N) is 2. The second kappa shape index (κ2) is 7.48. The average Bonchev–Trinajstić information content (AvgIpc) is 3.15. The molecule has 1 atom stereocenters. The molecular weight excluding hydrogens is 266 g/mol. The highest BCUT2D eigenvalue weighted by Gasteiger charge is 2.37. The lowest BCUT2D eigenvalue weighted by Crippen LogP contribution is -2.50. The number of hydrogen-bond acceptors (Lipinski definition) is 2. The van der Waals surface area contributed by atoms with Crippen molar-refractivity contribution in [3.63, 3.8) is 0 Å². The van der Waals surface area contributed by atoms with Gasteiger partial charge in [-0.3, -0.25) is 4.79 Å². The topological polar surface area (TPSA) is 52.7 Å². The highest BCUT2D eigenvalue weighted by atomic mass is 16.2. The minimum atomic E-state index is -0.270. The van der Waals surface area contributed by atoms with Crippen LogP contribution in [-0.2, 0) is 4.79 Å². The lowest BCUT2D eigenvalue weighted by molar-refractivity contribution is -0.125. The fourth-order valence-corrected chi connectivity index (χ4v) is 2.75. The minimum absolute atomic E-state index is 0.0120. The first-order valence-corrected chi connectivity index (χ1v) is 8.06. The van der Waals surface area contributed by atoms with Crippen molar-refractivity contribution in [3.05, 3.63) is 12.7 Å². The summed E-state index contributed by atoms with van der Waals surface area (Å²) >= 11 is 0. The van der Waals surface area contributed by atoms with Crippen LogP contribution in [0.1, 0.15) is 44.9 Å². The Kier molecular flexibility index (Phi) is 5.65. The first kappa shape index (κ1) is 15.9. The zero-order valence-electron chi connectivity index (χ0n) is 13.0. The van der Waals surface area contributed by atoms with Gasteiger partial charge in [0.1, 0.15) is 6.04 Å². The van der Waals surface area contributed by atoms with Crippen LogP contribution in [-0.4, -0.2) is 54.0 Å². The van der Waals surface area contributed by atoms with Gasteiger partial charge < -0.3 is 15.1 Å². The van der Waals surface area contributed by atoms with Crippen LogP contribution in [0.3, 0.4) is 0 Å². The number of carbonyl (C=O) groups is 2. The fraction of sp³-hybridized carbons (Fsp3) is 0.750. The number of allylic oxidation sites excluding steroid dienone is 1. The standard InChI is InChI=1S/C16H27N3O2/c1-3-4-5-6-11-18(2)16(21)19-12-7-8-14(19)15(20)17-13-9-10-13/h3,13-14H,1,4-12H2,2H3,(H,17,20)/t14-/m0/s1. The molecule has 0 aromatic rings. The van der Waals surface area contributed by atoms with Crippen molar-refractivity contribution in [2.45, 2.75) is 57.0 Å². The Balaban J connectivity index is 1.81. The SMILES string of the molecule is C=CCCCCN(C)C(=O)N1CCC[C@H]1C(=O)NC1CC1. The summed E-state index contributed by atoms with van der Waals surface area (Å²) in [5, 5.41) is 3.02. The van der Waals surface area contributed by atoms with Crippen LogP contribution in [0, 0.1) is 0 Å². The number of amides is 3. The second-order valence-corrected chi connectivity index (χ2v) is 6.12. The van der Waals surface area contributed by atoms with E-state index in [0.717, 1.165) is 51.5 Å². The average molecular weight is 293 g/mol. The van der Waals surface area contributed by atoms with Crippen LogP contribution < -0.4 is 5.32 Å². The smallest absolute Gasteiger partial charge is 0.320 e. The molecule has 2 fully saturated rings. The number of rotatable bonds is 7. The zero-order valence-corrected chi connectivity index (χ0v) is 13.0. The lowest BCUT2D eigenvalue weighted by atomic mass is 10.2. The Hall–Kier alpha value is -1.52. The van der Waals surface area contributed by atoms with E-state index in [0.29, 0.717) is 12.6 Å². The first-order chi connectivity index (χ1) is 10.1. The third-order valence-corrected chi connectivity index (χ3v) is 4.20. The van der Waals surface area contributed by atoms with Crippen LogP contribution in [0.4, 0.5) is 4.79 Å². The van der Waals surface area contributed by atoms with Gasteiger partial charge >= 0.3 is 6.03 Å². The molecule has 0 unspecified atom stereocenters. The van der Waals surface area contributed by atoms with E-state index in [1.807, 2.05) is 13.1 Å². The van der Waals surface area contributed by atoms with Gasteiger partial charge in [0.15, 0.2) is 0 Å². The van der Waals surface area contributed by atoms with Gasteiger partial charge in [-0.1, -0.05) is 6.08 Å². The van der Waals surface area contributed by atoms with Gasteiger partial charge in [-0.05, 0) is 44.9 Å². The lowest BCUT2D eigenvalue weighted by Gasteiger charge is -2.29. The third kappa shape index (κ3) is 4.48. The van der Waals surface area contributed by atoms with Crippen molar-refractivity contribution >= 4 is 11.9 Å². The number of urea groups is 1. The molecule has 2 aliphatic rings. The number of hydrogen-bond donors (Lipinski definition) is 1. The molecule has 5 nitrogen and oxygen atoms in total. The number of carbonyl (C=O) groups excluding carboxylic acids is 2. The van der Waals surface area contributed by atoms with E-state index in [2.05, 4.69) is 11.9 Å². The Morgan fingerprint density at radius 3 is 2.76 bits per heavy atom. The molecule has 1 saturated carbocycles. The monoisotopic (exact) mass is 293 g/mol. The van der Waals surface area contributed by atoms with Crippen molar-refractivity contribution in [1.29, 1.82) is 0 Å². The summed E-state index contributed by atoms with van der Waals surface area (Å²) in [6.45, 7) is 5.13. The molecule has 1 aliphatic carbocycles. The molecule has 0 bridgehead atoms. The fourth-order valence-electron chi connectivity index (χ4n) is 2.75. The Morgan fingerprint density at radius 1 is 1.33 bits per heavy atom. The second-order valence-electron chi connectivity index (χ2n) is 6.12. The van der Waals surface area contributed by atoms with Crippen molar-refractivity contribution in [2.24, 2.45) is 0 Å². The number of unbranched alkanes of at least 4 members (excludes halogenated alkanes) is 2. The van der Waals surface area contributed by atoms with E-state index in [9.17, 15) is 9.59 Å². The van der Waals surface area contributed by atoms with Gasteiger partial charge in [-0.25, -0.2) is 4.79 Å². The Bertz CT molecular complexity index is 393. The van der Waals surface area contributed by atoms with E-state index in [1.165, 1.54) is 0 Å². The van der Waals surface area contributed by atoms with Gasteiger partial charge in [0, 0.05) is 26.2 Å². The molecule has 1 heterocycles. The molecule has 1 N–H and O–H groups in total. The van der Waals surface area contributed by atoms with Crippen molar-refractivity contribution in [2.75, 3.05) is 20.1 Å². The molecule has 0 spiro atoms. The van der Waals surface area contributed by atoms with E-state index >= 15 is 0 Å². The maximum atomic E-state index is 12.5. The maximum absolute atomic E-state index is 12.5. The Morgan fingerprint density at radius 2 is 2.10 bits per heavy atom. The van der Waals surface area contributed by atoms with E-state index in [4.69, 9.17) is 0 Å². The van der Waals surface area contributed by atoms with Crippen LogP contribution in [0.25, 0.3) is 0 Å². The number of likely N-dealkylation sites (tertiary alicyclic amines) is 1. The van der Waals surface area contributed by atoms with E-state index < -0.39 is 0 Å². The van der Waals surface area contributed by atoms with E-state index in [-0.39, 0.29) is 18.0 Å². The zero-order chi connectivity index (χ0) is 15.2. The van der Waals surface area contributed by atoms with Gasteiger partial charge in [0.2, 0.25) is 5.91 Å². The molecule has 0 aromatic heterocycles. The van der Waals surface area contributed by atoms with Crippen LogP contribution in [0.15, 0.2) is 12.7 Å². The molecule has 2 rings (SSSR count). The largest absolute Gasteiger partial charge is 0.352 e. The highest BCUT2D eigenvalue weighted by Crippen LogP contribution is 2.23. The van der Waals surface area contributed by atoms with Crippen LogP contribution >= 0.6 is 0 Å². The molecule has 3 amide bonds. The minimum Gasteiger partial charge on any atom is -0.352 e. The predicted molar refractivity (Wildman–Crippen MR) is 83.0 cm³/mol. The molecule has 1 saturated heterocycles. The third-order valence-electron chi connectivity index (χ3n) is 4.20. The molecule has 21 heavy (non-hydrogen) atoms. The van der Waals surface area contributed by atoms with Crippen molar-refractivity contribution in [1.82, 2.24) is 15.1 Å². The van der Waals surface area contributed by atoms with Crippen LogP contribution in [0.2, 0.25) is 0 Å². The molecule has 118 valence electrons. The molecular formula is C16H27N3O2. The van der Waals surface area contributed by atoms with Crippen molar-refractivity contribution < 1.29 is 9.59 Å². The summed E-state index contributed by atoms with van der Waals surface area (Å²) < 4.78 is 0. The van der Waals surface area contributed by atoms with Gasteiger partial charge in [0.05, 0.1) is 0 Å². The normalized spacial score (nSPS) is 21.2. The predicted octanol–water partition coefficient (Wildman–Crippen LogP) is 2.14. The summed E-state index contributed by atoms with van der Waals surface area (Å²) in [5.41, 5.74) is 0. The highest BCUT2D eigenvalue weighted by molar-refractivity contribution is 5.88. The summed E-state index contributed by atoms with van der Waals surface area (Å²) in [4.78, 5) is 28.2. The summed E-state index contributed by atoms with van der Waals surface area (Å²) in [7, 11) is 1.82.